The first-order valence-electron chi connectivity index (χ1n) is 3.48. The first-order chi connectivity index (χ1) is 5.35. The standard InChI is InChI=1S/C8H14N2O/c1-3-4-8(7-9-2)10-5-6-11/h3-5,7,9,11H,6H2,1-2H3/b4-3-,8-7-,10-5?. The molecule has 0 amide bonds. The number of nitrogens with zero attached hydrogens (tertiary/aromatic N) is 1. The lowest BCUT2D eigenvalue weighted by molar-refractivity contribution is 0.361. The summed E-state index contributed by atoms with van der Waals surface area (Å²) in [6, 6.07) is 0. The molecule has 0 aromatic carbocycles. The van der Waals surface area contributed by atoms with Crippen LogP contribution < -0.4 is 5.32 Å². The van der Waals surface area contributed by atoms with E-state index in [1.807, 2.05) is 19.1 Å². The monoisotopic (exact) mass is 154 g/mol. The zero-order chi connectivity index (χ0) is 8.53. The van der Waals surface area contributed by atoms with Gasteiger partial charge in [0.25, 0.3) is 0 Å². The Morgan fingerprint density at radius 1 is 1.64 bits per heavy atom. The number of hydrogen-bond acceptors (Lipinski definition) is 3. The van der Waals surface area contributed by atoms with Gasteiger partial charge in [-0.05, 0) is 13.0 Å². The molecule has 0 aromatic heterocycles. The second-order valence-electron chi connectivity index (χ2n) is 1.85. The number of aliphatic imine (C=N–C) groups is 1. The maximum absolute atomic E-state index is 8.43. The van der Waals surface area contributed by atoms with Gasteiger partial charge in [-0.1, -0.05) is 6.08 Å². The fraction of sp³-hybridized carbons (Fsp3) is 0.375. The molecule has 62 valence electrons. The van der Waals surface area contributed by atoms with Crippen LogP contribution in [0.1, 0.15) is 6.92 Å². The Kier molecular flexibility index (Phi) is 6.33. The van der Waals surface area contributed by atoms with Gasteiger partial charge in [0.15, 0.2) is 0 Å². The van der Waals surface area contributed by atoms with Crippen molar-refractivity contribution < 1.29 is 5.11 Å². The first kappa shape index (κ1) is 9.91. The Morgan fingerprint density at radius 2 is 2.36 bits per heavy atom. The first-order valence-corrected chi connectivity index (χ1v) is 3.48. The predicted octanol–water partition coefficient (Wildman–Crippen LogP) is 0.686. The minimum atomic E-state index is -0.0292. The lowest BCUT2D eigenvalue weighted by Crippen LogP contribution is -1.94. The van der Waals surface area contributed by atoms with Crippen LogP contribution in [-0.2, 0) is 0 Å². The molecule has 0 aromatic rings. The van der Waals surface area contributed by atoms with Gasteiger partial charge in [0.1, 0.15) is 0 Å². The van der Waals surface area contributed by atoms with E-state index in [0.717, 1.165) is 5.70 Å². The van der Waals surface area contributed by atoms with Crippen molar-refractivity contribution in [1.29, 1.82) is 0 Å². The Labute approximate surface area is 67.2 Å². The summed E-state index contributed by atoms with van der Waals surface area (Å²) >= 11 is 0. The van der Waals surface area contributed by atoms with Crippen molar-refractivity contribution in [2.45, 2.75) is 6.92 Å². The Balaban J connectivity index is 4.11. The highest BCUT2D eigenvalue weighted by Crippen LogP contribution is 1.95. The third-order valence-electron chi connectivity index (χ3n) is 0.952. The van der Waals surface area contributed by atoms with Crippen molar-refractivity contribution in [3.63, 3.8) is 0 Å². The van der Waals surface area contributed by atoms with Crippen LogP contribution >= 0.6 is 0 Å². The summed E-state index contributed by atoms with van der Waals surface area (Å²) in [5.41, 5.74) is 0.795. The molecule has 0 saturated carbocycles. The largest absolute Gasteiger partial charge is 0.392 e. The van der Waals surface area contributed by atoms with Crippen LogP contribution in [0.25, 0.3) is 0 Å². The molecule has 0 bridgehead atoms. The van der Waals surface area contributed by atoms with E-state index in [9.17, 15) is 0 Å². The van der Waals surface area contributed by atoms with Crippen LogP contribution in [0.15, 0.2) is 29.0 Å². The van der Waals surface area contributed by atoms with Crippen LogP contribution in [0.4, 0.5) is 0 Å². The number of allylic oxidation sites excluding steroid dienone is 2. The van der Waals surface area contributed by atoms with E-state index in [-0.39, 0.29) is 6.61 Å². The number of aliphatic hydroxyl groups is 1. The summed E-state index contributed by atoms with van der Waals surface area (Å²) in [4.78, 5) is 3.96. The van der Waals surface area contributed by atoms with Crippen molar-refractivity contribution >= 4 is 6.21 Å². The molecule has 11 heavy (non-hydrogen) atoms. The molecule has 3 nitrogen and oxygen atoms in total. The van der Waals surface area contributed by atoms with Crippen molar-refractivity contribution in [3.8, 4) is 0 Å². The van der Waals surface area contributed by atoms with Crippen molar-refractivity contribution in [2.75, 3.05) is 13.7 Å². The predicted molar refractivity (Wildman–Crippen MR) is 47.5 cm³/mol. The minimum Gasteiger partial charge on any atom is -0.392 e. The molecule has 0 spiro atoms. The average molecular weight is 154 g/mol. The maximum atomic E-state index is 8.43. The Morgan fingerprint density at radius 3 is 2.82 bits per heavy atom. The molecular weight excluding hydrogens is 140 g/mol. The second-order valence-corrected chi connectivity index (χ2v) is 1.85. The van der Waals surface area contributed by atoms with Crippen molar-refractivity contribution in [2.24, 2.45) is 4.99 Å². The van der Waals surface area contributed by atoms with E-state index in [1.165, 1.54) is 6.21 Å². The number of nitrogens with one attached hydrogen (secondary N) is 1. The molecule has 0 rings (SSSR count). The van der Waals surface area contributed by atoms with Gasteiger partial charge in [-0.15, -0.1) is 0 Å². The molecule has 0 aliphatic heterocycles. The van der Waals surface area contributed by atoms with E-state index in [0.29, 0.717) is 0 Å². The molecule has 2 N–H and O–H groups in total. The molecule has 0 radical (unpaired) electrons. The molecule has 0 heterocycles. The highest BCUT2D eigenvalue weighted by Gasteiger charge is 1.82. The van der Waals surface area contributed by atoms with E-state index >= 15 is 0 Å². The SMILES string of the molecule is C/C=C\C(=C\NC)N=CCO. The number of rotatable bonds is 4. The lowest BCUT2D eigenvalue weighted by atomic mass is 10.4. The summed E-state index contributed by atoms with van der Waals surface area (Å²) in [7, 11) is 1.80. The lowest BCUT2D eigenvalue weighted by Gasteiger charge is -1.92. The highest BCUT2D eigenvalue weighted by molar-refractivity contribution is 5.60. The number of aliphatic hydroxyl groups excluding tert-OH is 1. The van der Waals surface area contributed by atoms with Crippen LogP contribution in [0.5, 0.6) is 0 Å². The van der Waals surface area contributed by atoms with Gasteiger partial charge >= 0.3 is 0 Å². The maximum Gasteiger partial charge on any atom is 0.0784 e. The van der Waals surface area contributed by atoms with E-state index in [2.05, 4.69) is 10.3 Å². The van der Waals surface area contributed by atoms with Gasteiger partial charge in [0.05, 0.1) is 12.3 Å². The molecule has 0 atom stereocenters. The molecule has 3 heteroatoms. The topological polar surface area (TPSA) is 44.6 Å². The summed E-state index contributed by atoms with van der Waals surface area (Å²) in [6.45, 7) is 1.89. The average Bonchev–Trinajstić information content (AvgIpc) is 2.01. The van der Waals surface area contributed by atoms with Crippen LogP contribution in [0.2, 0.25) is 0 Å². The van der Waals surface area contributed by atoms with Crippen LogP contribution in [0.3, 0.4) is 0 Å². The molecule has 0 aliphatic carbocycles. The Hall–Kier alpha value is -1.09. The molecule has 0 aliphatic rings. The van der Waals surface area contributed by atoms with Crippen LogP contribution in [-0.4, -0.2) is 25.0 Å². The van der Waals surface area contributed by atoms with E-state index < -0.39 is 0 Å². The molecule has 0 unspecified atom stereocenters. The van der Waals surface area contributed by atoms with Crippen molar-refractivity contribution in [1.82, 2.24) is 5.32 Å². The molecule has 0 fully saturated rings. The fourth-order valence-corrected chi connectivity index (χ4v) is 0.593. The smallest absolute Gasteiger partial charge is 0.0784 e. The number of hydrogen-bond donors (Lipinski definition) is 2. The molecular formula is C8H14N2O. The van der Waals surface area contributed by atoms with Crippen LogP contribution in [0, 0.1) is 0 Å². The third-order valence-corrected chi connectivity index (χ3v) is 0.952. The van der Waals surface area contributed by atoms with Gasteiger partial charge in [0.2, 0.25) is 0 Å². The van der Waals surface area contributed by atoms with Gasteiger partial charge in [0, 0.05) is 19.5 Å². The Bertz CT molecular complexity index is 171. The van der Waals surface area contributed by atoms with Crippen molar-refractivity contribution in [3.05, 3.63) is 24.0 Å². The van der Waals surface area contributed by atoms with E-state index in [4.69, 9.17) is 5.11 Å². The van der Waals surface area contributed by atoms with E-state index in [1.54, 1.807) is 13.2 Å². The van der Waals surface area contributed by atoms with Gasteiger partial charge < -0.3 is 10.4 Å². The second kappa shape index (κ2) is 7.02. The summed E-state index contributed by atoms with van der Waals surface area (Å²) in [5.74, 6) is 0. The summed E-state index contributed by atoms with van der Waals surface area (Å²) in [6.07, 6.45) is 6.94. The quantitative estimate of drug-likeness (QED) is 0.462. The molecule has 0 saturated heterocycles. The fourth-order valence-electron chi connectivity index (χ4n) is 0.593. The van der Waals surface area contributed by atoms with Gasteiger partial charge in [-0.3, -0.25) is 4.99 Å². The summed E-state index contributed by atoms with van der Waals surface area (Å²) in [5, 5.41) is 11.3. The van der Waals surface area contributed by atoms with Gasteiger partial charge in [-0.2, -0.15) is 0 Å². The zero-order valence-corrected chi connectivity index (χ0v) is 6.91. The zero-order valence-electron chi connectivity index (χ0n) is 6.91. The highest BCUT2D eigenvalue weighted by atomic mass is 16.2. The summed E-state index contributed by atoms with van der Waals surface area (Å²) < 4.78 is 0. The normalized spacial score (nSPS) is 13.2. The minimum absolute atomic E-state index is 0.0292. The third kappa shape index (κ3) is 5.36. The van der Waals surface area contributed by atoms with Gasteiger partial charge in [-0.25, -0.2) is 0 Å².